The van der Waals surface area contributed by atoms with Crippen LogP contribution in [0.25, 0.3) is 0 Å². The minimum absolute atomic E-state index is 0.0181. The molecule has 2 atom stereocenters. The molecule has 2 saturated heterocycles. The fourth-order valence-electron chi connectivity index (χ4n) is 5.16. The van der Waals surface area contributed by atoms with Gasteiger partial charge in [-0.25, -0.2) is 9.69 Å². The normalized spacial score (nSPS) is 24.3. The van der Waals surface area contributed by atoms with Gasteiger partial charge in [0.2, 0.25) is 5.91 Å². The van der Waals surface area contributed by atoms with Crippen LogP contribution in [0, 0.1) is 15.5 Å². The van der Waals surface area contributed by atoms with E-state index in [9.17, 15) is 24.5 Å². The van der Waals surface area contributed by atoms with E-state index < -0.39 is 34.2 Å². The third kappa shape index (κ3) is 2.68. The Balaban J connectivity index is 1.63. The van der Waals surface area contributed by atoms with Crippen LogP contribution in [-0.2, 0) is 16.0 Å². The van der Waals surface area contributed by atoms with Gasteiger partial charge in [-0.2, -0.15) is 0 Å². The van der Waals surface area contributed by atoms with E-state index in [0.717, 1.165) is 17.0 Å². The van der Waals surface area contributed by atoms with Gasteiger partial charge in [0.15, 0.2) is 5.41 Å². The average molecular weight is 436 g/mol. The van der Waals surface area contributed by atoms with Crippen molar-refractivity contribution >= 4 is 34.9 Å². The minimum atomic E-state index is -1.56. The summed E-state index contributed by atoms with van der Waals surface area (Å²) in [6.45, 7) is 0.619. The number of methoxy groups -OCH3 is 1. The van der Waals surface area contributed by atoms with Crippen LogP contribution in [0.2, 0.25) is 0 Å². The molecule has 0 unspecified atom stereocenters. The number of nitrogens with zero attached hydrogens (tertiary/aromatic N) is 3. The Labute approximate surface area is 182 Å². The smallest absolute Gasteiger partial charge is 0.335 e. The Morgan fingerprint density at radius 3 is 2.59 bits per heavy atom. The molecule has 164 valence electrons. The first-order valence-electron chi connectivity index (χ1n) is 10.2. The Kier molecular flexibility index (Phi) is 4.40. The highest BCUT2D eigenvalue weighted by Gasteiger charge is 2.63. The van der Waals surface area contributed by atoms with Crippen LogP contribution in [0.15, 0.2) is 42.5 Å². The average Bonchev–Trinajstić information content (AvgIpc) is 3.28. The van der Waals surface area contributed by atoms with E-state index in [1.165, 1.54) is 19.2 Å². The first-order valence-corrected chi connectivity index (χ1v) is 10.2. The van der Waals surface area contributed by atoms with Gasteiger partial charge in [0.05, 0.1) is 23.8 Å². The summed E-state index contributed by atoms with van der Waals surface area (Å²) in [6, 6.07) is 9.67. The Morgan fingerprint density at radius 2 is 1.91 bits per heavy atom. The Bertz CT molecular complexity index is 1160. The van der Waals surface area contributed by atoms with Crippen molar-refractivity contribution in [2.24, 2.45) is 5.41 Å². The molecule has 32 heavy (non-hydrogen) atoms. The number of rotatable bonds is 3. The number of carbonyl (C=O) groups is 3. The Hall–Kier alpha value is -3.95. The quantitative estimate of drug-likeness (QED) is 0.445. The predicted molar refractivity (Wildman–Crippen MR) is 114 cm³/mol. The van der Waals surface area contributed by atoms with Crippen LogP contribution in [0.1, 0.15) is 18.4 Å². The highest BCUT2D eigenvalue weighted by atomic mass is 16.6. The number of hydrogen-bond donors (Lipinski definition) is 1. The lowest BCUT2D eigenvalue weighted by Crippen LogP contribution is -2.71. The summed E-state index contributed by atoms with van der Waals surface area (Å²) in [6.07, 6.45) is 1.34. The maximum absolute atomic E-state index is 13.9. The number of nitro groups is 1. The van der Waals surface area contributed by atoms with Crippen LogP contribution < -0.4 is 19.9 Å². The molecule has 0 aromatic heterocycles. The molecule has 2 aromatic carbocycles. The number of carbonyl (C=O) groups excluding carboxylic acids is 3. The molecule has 4 amide bonds. The fourth-order valence-corrected chi connectivity index (χ4v) is 5.16. The summed E-state index contributed by atoms with van der Waals surface area (Å²) in [5.74, 6) is -0.720. The number of ether oxygens (including phenoxy) is 1. The summed E-state index contributed by atoms with van der Waals surface area (Å²) in [5.41, 5.74) is -0.0213. The van der Waals surface area contributed by atoms with Gasteiger partial charge >= 0.3 is 6.03 Å². The second kappa shape index (κ2) is 7.04. The van der Waals surface area contributed by atoms with E-state index >= 15 is 0 Å². The van der Waals surface area contributed by atoms with Crippen LogP contribution in [0.5, 0.6) is 5.75 Å². The minimum Gasteiger partial charge on any atom is -0.497 e. The van der Waals surface area contributed by atoms with Crippen molar-refractivity contribution in [3.8, 4) is 5.75 Å². The van der Waals surface area contributed by atoms with Crippen molar-refractivity contribution in [2.75, 3.05) is 23.5 Å². The van der Waals surface area contributed by atoms with Gasteiger partial charge in [-0.05, 0) is 48.7 Å². The van der Waals surface area contributed by atoms with Crippen molar-refractivity contribution in [3.05, 3.63) is 58.1 Å². The van der Waals surface area contributed by atoms with Crippen molar-refractivity contribution in [3.63, 3.8) is 0 Å². The predicted octanol–water partition coefficient (Wildman–Crippen LogP) is 2.40. The monoisotopic (exact) mass is 436 g/mol. The molecule has 3 aliphatic heterocycles. The number of urea groups is 1. The standard InChI is InChI=1S/C22H20N4O6/c1-32-16-7-4-14(5-8-16)25-20(28)22(19(27)23-21(25)29)12-13-11-15(26(30)31)6-9-17(13)24-10-2-3-18(22)24/h4-9,11,18H,2-3,10,12H2,1H3,(H,23,27,29)/t18-,22-/m1/s1. The first-order chi connectivity index (χ1) is 15.4. The summed E-state index contributed by atoms with van der Waals surface area (Å²) in [4.78, 5) is 53.7. The maximum atomic E-state index is 13.9. The molecule has 0 aliphatic carbocycles. The number of nitrogens with one attached hydrogen (secondary N) is 1. The number of anilines is 2. The lowest BCUT2D eigenvalue weighted by molar-refractivity contribution is -0.384. The van der Waals surface area contributed by atoms with E-state index in [-0.39, 0.29) is 12.1 Å². The number of non-ortho nitro benzene ring substituents is 1. The molecule has 1 N–H and O–H groups in total. The molecule has 0 bridgehead atoms. The van der Waals surface area contributed by atoms with Gasteiger partial charge < -0.3 is 9.64 Å². The second-order valence-electron chi connectivity index (χ2n) is 8.17. The Morgan fingerprint density at radius 1 is 1.16 bits per heavy atom. The summed E-state index contributed by atoms with van der Waals surface area (Å²) < 4.78 is 5.14. The lowest BCUT2D eigenvalue weighted by Gasteiger charge is -2.49. The summed E-state index contributed by atoms with van der Waals surface area (Å²) >= 11 is 0. The van der Waals surface area contributed by atoms with Crippen LogP contribution >= 0.6 is 0 Å². The van der Waals surface area contributed by atoms with E-state index in [0.29, 0.717) is 30.0 Å². The van der Waals surface area contributed by atoms with E-state index in [1.54, 1.807) is 30.3 Å². The molecule has 10 heteroatoms. The summed E-state index contributed by atoms with van der Waals surface area (Å²) in [5, 5.41) is 13.7. The number of fused-ring (bicyclic) bond motifs is 4. The number of amides is 4. The van der Waals surface area contributed by atoms with Gasteiger partial charge in [-0.1, -0.05) is 0 Å². The second-order valence-corrected chi connectivity index (χ2v) is 8.17. The van der Waals surface area contributed by atoms with E-state index in [1.807, 2.05) is 4.90 Å². The zero-order valence-electron chi connectivity index (χ0n) is 17.2. The topological polar surface area (TPSA) is 122 Å². The molecule has 10 nitrogen and oxygen atoms in total. The highest BCUT2D eigenvalue weighted by molar-refractivity contribution is 6.30. The molecule has 0 radical (unpaired) electrons. The number of nitro benzene ring substituents is 1. The van der Waals surface area contributed by atoms with Gasteiger partial charge in [-0.15, -0.1) is 0 Å². The molecule has 3 aliphatic rings. The van der Waals surface area contributed by atoms with Crippen molar-refractivity contribution in [1.29, 1.82) is 0 Å². The molecule has 2 fully saturated rings. The van der Waals surface area contributed by atoms with Crippen LogP contribution in [0.4, 0.5) is 21.9 Å². The zero-order chi connectivity index (χ0) is 22.6. The van der Waals surface area contributed by atoms with E-state index in [4.69, 9.17) is 4.74 Å². The van der Waals surface area contributed by atoms with Crippen LogP contribution in [-0.4, -0.2) is 42.5 Å². The van der Waals surface area contributed by atoms with Crippen LogP contribution in [0.3, 0.4) is 0 Å². The largest absolute Gasteiger partial charge is 0.497 e. The SMILES string of the molecule is COc1ccc(N2C(=O)NC(=O)[C@]3(Cc4cc([N+](=O)[O-])ccc4N4CCC[C@@H]43)C2=O)cc1. The molecular formula is C22H20N4O6. The first kappa shape index (κ1) is 20.0. The maximum Gasteiger partial charge on any atom is 0.335 e. The molecule has 3 heterocycles. The van der Waals surface area contributed by atoms with Gasteiger partial charge in [0, 0.05) is 30.8 Å². The van der Waals surface area contributed by atoms with E-state index in [2.05, 4.69) is 5.32 Å². The summed E-state index contributed by atoms with van der Waals surface area (Å²) in [7, 11) is 1.51. The van der Waals surface area contributed by atoms with Crippen molar-refractivity contribution < 1.29 is 24.0 Å². The third-order valence-corrected chi connectivity index (χ3v) is 6.62. The van der Waals surface area contributed by atoms with Crippen molar-refractivity contribution in [1.82, 2.24) is 5.32 Å². The van der Waals surface area contributed by atoms with Gasteiger partial charge in [0.25, 0.3) is 11.6 Å². The zero-order valence-corrected chi connectivity index (χ0v) is 17.2. The number of imide groups is 2. The fraction of sp³-hybridized carbons (Fsp3) is 0.318. The molecule has 2 aromatic rings. The number of barbiturate groups is 1. The number of hydrogen-bond acceptors (Lipinski definition) is 7. The van der Waals surface area contributed by atoms with Gasteiger partial charge in [0.1, 0.15) is 5.75 Å². The molecular weight excluding hydrogens is 416 g/mol. The number of benzene rings is 2. The molecule has 1 spiro atoms. The molecule has 0 saturated carbocycles. The van der Waals surface area contributed by atoms with Gasteiger partial charge in [-0.3, -0.25) is 25.0 Å². The van der Waals surface area contributed by atoms with Crippen molar-refractivity contribution in [2.45, 2.75) is 25.3 Å². The third-order valence-electron chi connectivity index (χ3n) is 6.62. The molecule has 5 rings (SSSR count). The lowest BCUT2D eigenvalue weighted by atomic mass is 9.68. The highest BCUT2D eigenvalue weighted by Crippen LogP contribution is 2.49.